The number of nitrogens with zero attached hydrogens (tertiary/aromatic N) is 1. The van der Waals surface area contributed by atoms with Gasteiger partial charge in [-0.2, -0.15) is 0 Å². The van der Waals surface area contributed by atoms with Crippen LogP contribution in [0.1, 0.15) is 31.1 Å². The number of rotatable bonds is 7. The lowest BCUT2D eigenvalue weighted by atomic mass is 9.86. The highest BCUT2D eigenvalue weighted by atomic mass is 16.4. The number of furan rings is 1. The van der Waals surface area contributed by atoms with Gasteiger partial charge in [-0.15, -0.1) is 0 Å². The van der Waals surface area contributed by atoms with Gasteiger partial charge >= 0.3 is 5.97 Å². The van der Waals surface area contributed by atoms with Crippen LogP contribution < -0.4 is 5.32 Å². The summed E-state index contributed by atoms with van der Waals surface area (Å²) in [6.07, 6.45) is 1.78. The van der Waals surface area contributed by atoms with Gasteiger partial charge in [-0.1, -0.05) is 37.3 Å². The van der Waals surface area contributed by atoms with Gasteiger partial charge in [-0.05, 0) is 24.1 Å². The zero-order chi connectivity index (χ0) is 19.4. The van der Waals surface area contributed by atoms with Crippen molar-refractivity contribution < 1.29 is 23.9 Å². The Labute approximate surface area is 157 Å². The van der Waals surface area contributed by atoms with E-state index in [-0.39, 0.29) is 25.3 Å². The first-order chi connectivity index (χ1) is 13.0. The number of carboxylic acids is 1. The van der Waals surface area contributed by atoms with E-state index in [0.717, 1.165) is 0 Å². The number of hydrogen-bond donors (Lipinski definition) is 2. The maximum Gasteiger partial charge on any atom is 0.334 e. The minimum atomic E-state index is -1.52. The molecule has 2 unspecified atom stereocenters. The topological polar surface area (TPSA) is 99.9 Å². The van der Waals surface area contributed by atoms with E-state index in [2.05, 4.69) is 5.32 Å². The third kappa shape index (κ3) is 3.72. The summed E-state index contributed by atoms with van der Waals surface area (Å²) in [6, 6.07) is 12.1. The van der Waals surface area contributed by atoms with Crippen molar-refractivity contribution in [3.63, 3.8) is 0 Å². The molecule has 1 aromatic heterocycles. The van der Waals surface area contributed by atoms with E-state index in [0.29, 0.717) is 17.9 Å². The zero-order valence-electron chi connectivity index (χ0n) is 15.1. The van der Waals surface area contributed by atoms with Gasteiger partial charge in [0.15, 0.2) is 5.54 Å². The monoisotopic (exact) mass is 370 g/mol. The minimum Gasteiger partial charge on any atom is -0.479 e. The van der Waals surface area contributed by atoms with Crippen LogP contribution in [0.2, 0.25) is 0 Å². The molecule has 1 fully saturated rings. The molecule has 2 aromatic rings. The van der Waals surface area contributed by atoms with Gasteiger partial charge in [0.05, 0.1) is 18.7 Å². The standard InChI is InChI=1S/C20H22N2O5/c1-2-20(19(25)26,15-7-4-3-5-8-15)21-18(24)14-11-17(23)22(12-14)13-16-9-6-10-27-16/h3-10,14H,2,11-13H2,1H3,(H,21,24)(H,25,26). The fourth-order valence-corrected chi connectivity index (χ4v) is 3.42. The van der Waals surface area contributed by atoms with Crippen molar-refractivity contribution in [3.8, 4) is 0 Å². The molecule has 1 aliphatic heterocycles. The zero-order valence-corrected chi connectivity index (χ0v) is 15.1. The van der Waals surface area contributed by atoms with Crippen LogP contribution in [-0.4, -0.2) is 34.3 Å². The Hall–Kier alpha value is -3.09. The van der Waals surface area contributed by atoms with Gasteiger partial charge in [0.2, 0.25) is 11.8 Å². The molecule has 3 rings (SSSR count). The third-order valence-corrected chi connectivity index (χ3v) is 5.01. The highest BCUT2D eigenvalue weighted by Crippen LogP contribution is 2.28. The molecule has 0 aliphatic carbocycles. The van der Waals surface area contributed by atoms with Crippen molar-refractivity contribution in [1.82, 2.24) is 10.2 Å². The van der Waals surface area contributed by atoms with Gasteiger partial charge < -0.3 is 19.7 Å². The van der Waals surface area contributed by atoms with E-state index in [4.69, 9.17) is 4.42 Å². The molecule has 1 saturated heterocycles. The first-order valence-corrected chi connectivity index (χ1v) is 8.87. The predicted molar refractivity (Wildman–Crippen MR) is 96.4 cm³/mol. The Kier molecular flexibility index (Phi) is 5.30. The SMILES string of the molecule is CCC(NC(=O)C1CC(=O)N(Cc2ccco2)C1)(C(=O)O)c1ccccc1. The normalized spacial score (nSPS) is 18.9. The molecule has 142 valence electrons. The molecule has 2 N–H and O–H groups in total. The number of aliphatic carboxylic acids is 1. The van der Waals surface area contributed by atoms with E-state index in [9.17, 15) is 19.5 Å². The molecular weight excluding hydrogens is 348 g/mol. The second kappa shape index (κ2) is 7.65. The van der Waals surface area contributed by atoms with Gasteiger partial charge in [-0.3, -0.25) is 9.59 Å². The Balaban J connectivity index is 1.75. The summed E-state index contributed by atoms with van der Waals surface area (Å²) in [6.45, 7) is 2.25. The summed E-state index contributed by atoms with van der Waals surface area (Å²) in [4.78, 5) is 38.7. The Morgan fingerprint density at radius 1 is 1.26 bits per heavy atom. The number of nitrogens with one attached hydrogen (secondary N) is 1. The molecule has 2 amide bonds. The van der Waals surface area contributed by atoms with E-state index in [1.54, 1.807) is 54.3 Å². The largest absolute Gasteiger partial charge is 0.479 e. The molecule has 0 radical (unpaired) electrons. The van der Waals surface area contributed by atoms with Gasteiger partial charge in [0.25, 0.3) is 0 Å². The fourth-order valence-electron chi connectivity index (χ4n) is 3.42. The van der Waals surface area contributed by atoms with Crippen molar-refractivity contribution in [1.29, 1.82) is 0 Å². The maximum absolute atomic E-state index is 12.8. The summed E-state index contributed by atoms with van der Waals surface area (Å²) in [7, 11) is 0. The van der Waals surface area contributed by atoms with E-state index in [1.165, 1.54) is 6.26 Å². The molecule has 0 bridgehead atoms. The molecular formula is C20H22N2O5. The fraction of sp³-hybridized carbons (Fsp3) is 0.350. The van der Waals surface area contributed by atoms with Crippen molar-refractivity contribution in [2.75, 3.05) is 6.54 Å². The minimum absolute atomic E-state index is 0.0563. The number of carbonyl (C=O) groups is 3. The molecule has 0 saturated carbocycles. The van der Waals surface area contributed by atoms with Crippen LogP contribution in [0.5, 0.6) is 0 Å². The van der Waals surface area contributed by atoms with Gasteiger partial charge in [-0.25, -0.2) is 4.79 Å². The molecule has 1 aliphatic rings. The van der Waals surface area contributed by atoms with Crippen LogP contribution in [0.3, 0.4) is 0 Å². The number of likely N-dealkylation sites (tertiary alicyclic amines) is 1. The Morgan fingerprint density at radius 3 is 2.59 bits per heavy atom. The first-order valence-electron chi connectivity index (χ1n) is 8.87. The van der Waals surface area contributed by atoms with Crippen LogP contribution in [0, 0.1) is 5.92 Å². The number of benzene rings is 1. The first kappa shape index (κ1) is 18.7. The van der Waals surface area contributed by atoms with Crippen molar-refractivity contribution in [2.45, 2.75) is 31.8 Å². The van der Waals surface area contributed by atoms with Crippen molar-refractivity contribution in [3.05, 3.63) is 60.1 Å². The van der Waals surface area contributed by atoms with Crippen molar-refractivity contribution in [2.24, 2.45) is 5.92 Å². The number of hydrogen-bond acceptors (Lipinski definition) is 4. The third-order valence-electron chi connectivity index (χ3n) is 5.01. The molecule has 1 aromatic carbocycles. The predicted octanol–water partition coefficient (Wildman–Crippen LogP) is 2.13. The lowest BCUT2D eigenvalue weighted by Gasteiger charge is -2.31. The number of amides is 2. The number of carbonyl (C=O) groups excluding carboxylic acids is 2. The van der Waals surface area contributed by atoms with Crippen LogP contribution >= 0.6 is 0 Å². The molecule has 0 spiro atoms. The van der Waals surface area contributed by atoms with Crippen LogP contribution in [0.25, 0.3) is 0 Å². The molecule has 2 heterocycles. The lowest BCUT2D eigenvalue weighted by Crippen LogP contribution is -2.53. The van der Waals surface area contributed by atoms with E-state index < -0.39 is 23.3 Å². The number of carboxylic acid groups (broad SMARTS) is 1. The van der Waals surface area contributed by atoms with Crippen LogP contribution in [-0.2, 0) is 26.5 Å². The molecule has 7 heteroatoms. The highest BCUT2D eigenvalue weighted by molar-refractivity contribution is 5.93. The van der Waals surface area contributed by atoms with Crippen molar-refractivity contribution >= 4 is 17.8 Å². The second-order valence-corrected chi connectivity index (χ2v) is 6.67. The molecule has 27 heavy (non-hydrogen) atoms. The highest BCUT2D eigenvalue weighted by Gasteiger charge is 2.43. The van der Waals surface area contributed by atoms with Crippen LogP contribution in [0.15, 0.2) is 53.1 Å². The van der Waals surface area contributed by atoms with Gasteiger partial charge in [0, 0.05) is 13.0 Å². The summed E-state index contributed by atoms with van der Waals surface area (Å²) in [5, 5.41) is 12.5. The van der Waals surface area contributed by atoms with E-state index in [1.807, 2.05) is 0 Å². The molecule has 7 nitrogen and oxygen atoms in total. The van der Waals surface area contributed by atoms with E-state index >= 15 is 0 Å². The average molecular weight is 370 g/mol. The summed E-state index contributed by atoms with van der Waals surface area (Å²) < 4.78 is 5.25. The smallest absolute Gasteiger partial charge is 0.334 e. The molecule has 2 atom stereocenters. The quantitative estimate of drug-likeness (QED) is 0.778. The Bertz CT molecular complexity index is 818. The average Bonchev–Trinajstić information content (AvgIpc) is 3.30. The lowest BCUT2D eigenvalue weighted by molar-refractivity contribution is -0.149. The summed E-state index contributed by atoms with van der Waals surface area (Å²) in [5.41, 5.74) is -1.01. The van der Waals surface area contributed by atoms with Gasteiger partial charge in [0.1, 0.15) is 5.76 Å². The maximum atomic E-state index is 12.8. The summed E-state index contributed by atoms with van der Waals surface area (Å²) in [5.74, 6) is -1.66. The Morgan fingerprint density at radius 2 is 2.00 bits per heavy atom. The second-order valence-electron chi connectivity index (χ2n) is 6.67. The summed E-state index contributed by atoms with van der Waals surface area (Å²) >= 11 is 0. The van der Waals surface area contributed by atoms with Crippen LogP contribution in [0.4, 0.5) is 0 Å².